The number of furan rings is 1. The minimum Gasteiger partial charge on any atom is -0.466 e. The lowest BCUT2D eigenvalue weighted by molar-refractivity contribution is 0.438. The summed E-state index contributed by atoms with van der Waals surface area (Å²) in [5.74, 6) is 2.34. The Balaban J connectivity index is 2.19. The van der Waals surface area contributed by atoms with Crippen molar-refractivity contribution in [3.8, 4) is 0 Å². The SMILES string of the molecule is Cc1ccc(C2CNCC2N)o1. The number of hydrogen-bond donors (Lipinski definition) is 2. The molecule has 0 aromatic carbocycles. The Morgan fingerprint density at radius 2 is 2.33 bits per heavy atom. The maximum absolute atomic E-state index is 5.90. The molecule has 0 aliphatic carbocycles. The normalized spacial score (nSPS) is 29.5. The number of nitrogens with one attached hydrogen (secondary N) is 1. The van der Waals surface area contributed by atoms with Crippen molar-refractivity contribution >= 4 is 0 Å². The van der Waals surface area contributed by atoms with Gasteiger partial charge in [-0.25, -0.2) is 0 Å². The summed E-state index contributed by atoms with van der Waals surface area (Å²) >= 11 is 0. The van der Waals surface area contributed by atoms with E-state index < -0.39 is 0 Å². The van der Waals surface area contributed by atoms with Gasteiger partial charge in [0.05, 0.1) is 0 Å². The first-order valence-corrected chi connectivity index (χ1v) is 4.30. The van der Waals surface area contributed by atoms with Crippen molar-refractivity contribution in [2.24, 2.45) is 5.73 Å². The van der Waals surface area contributed by atoms with Gasteiger partial charge in [0.15, 0.2) is 0 Å². The molecule has 0 spiro atoms. The van der Waals surface area contributed by atoms with Gasteiger partial charge in [-0.2, -0.15) is 0 Å². The largest absolute Gasteiger partial charge is 0.466 e. The van der Waals surface area contributed by atoms with Crippen LogP contribution in [-0.2, 0) is 0 Å². The molecule has 0 amide bonds. The zero-order valence-electron chi connectivity index (χ0n) is 7.21. The fourth-order valence-electron chi connectivity index (χ4n) is 1.66. The van der Waals surface area contributed by atoms with Crippen LogP contribution in [-0.4, -0.2) is 19.1 Å². The van der Waals surface area contributed by atoms with Crippen LogP contribution < -0.4 is 11.1 Å². The van der Waals surface area contributed by atoms with Crippen molar-refractivity contribution in [1.82, 2.24) is 5.32 Å². The van der Waals surface area contributed by atoms with Crippen LogP contribution in [0.15, 0.2) is 16.5 Å². The average molecular weight is 166 g/mol. The van der Waals surface area contributed by atoms with Gasteiger partial charge < -0.3 is 15.5 Å². The van der Waals surface area contributed by atoms with E-state index in [-0.39, 0.29) is 6.04 Å². The molecule has 1 aliphatic heterocycles. The van der Waals surface area contributed by atoms with E-state index in [2.05, 4.69) is 5.32 Å². The van der Waals surface area contributed by atoms with Gasteiger partial charge in [0.25, 0.3) is 0 Å². The maximum atomic E-state index is 5.90. The molecule has 1 aliphatic rings. The summed E-state index contributed by atoms with van der Waals surface area (Å²) in [6.07, 6.45) is 0. The Hall–Kier alpha value is -0.800. The number of hydrogen-bond acceptors (Lipinski definition) is 3. The molecule has 2 heterocycles. The smallest absolute Gasteiger partial charge is 0.110 e. The molecular weight excluding hydrogens is 152 g/mol. The first kappa shape index (κ1) is 7.83. The first-order valence-electron chi connectivity index (χ1n) is 4.30. The summed E-state index contributed by atoms with van der Waals surface area (Å²) < 4.78 is 5.52. The molecule has 2 unspecified atom stereocenters. The second-order valence-electron chi connectivity index (χ2n) is 3.38. The molecule has 0 saturated carbocycles. The topological polar surface area (TPSA) is 51.2 Å². The Bertz CT molecular complexity index is 269. The highest BCUT2D eigenvalue weighted by molar-refractivity contribution is 5.15. The van der Waals surface area contributed by atoms with Crippen molar-refractivity contribution in [1.29, 1.82) is 0 Å². The Morgan fingerprint density at radius 3 is 2.83 bits per heavy atom. The Kier molecular flexibility index (Phi) is 1.90. The lowest BCUT2D eigenvalue weighted by Gasteiger charge is -2.10. The van der Waals surface area contributed by atoms with Crippen LogP contribution in [0.4, 0.5) is 0 Å². The van der Waals surface area contributed by atoms with Crippen molar-refractivity contribution in [3.05, 3.63) is 23.7 Å². The maximum Gasteiger partial charge on any atom is 0.110 e. The van der Waals surface area contributed by atoms with E-state index in [4.69, 9.17) is 10.2 Å². The van der Waals surface area contributed by atoms with Gasteiger partial charge >= 0.3 is 0 Å². The minimum absolute atomic E-state index is 0.204. The molecule has 1 fully saturated rings. The summed E-state index contributed by atoms with van der Waals surface area (Å²) in [7, 11) is 0. The number of nitrogens with two attached hydrogens (primary N) is 1. The minimum atomic E-state index is 0.204. The van der Waals surface area contributed by atoms with Gasteiger partial charge in [0, 0.05) is 25.0 Å². The molecule has 1 saturated heterocycles. The summed E-state index contributed by atoms with van der Waals surface area (Å²) in [5.41, 5.74) is 5.90. The molecule has 0 bridgehead atoms. The van der Waals surface area contributed by atoms with Gasteiger partial charge in [-0.05, 0) is 19.1 Å². The highest BCUT2D eigenvalue weighted by atomic mass is 16.3. The standard InChI is InChI=1S/C9H14N2O/c1-6-2-3-9(12-6)7-4-11-5-8(7)10/h2-3,7-8,11H,4-5,10H2,1H3. The van der Waals surface area contributed by atoms with Crippen molar-refractivity contribution in [2.75, 3.05) is 13.1 Å². The van der Waals surface area contributed by atoms with Crippen molar-refractivity contribution in [3.63, 3.8) is 0 Å². The van der Waals surface area contributed by atoms with E-state index in [1.807, 2.05) is 19.1 Å². The molecule has 3 heteroatoms. The second-order valence-corrected chi connectivity index (χ2v) is 3.38. The number of aryl methyl sites for hydroxylation is 1. The van der Waals surface area contributed by atoms with Gasteiger partial charge in [0.2, 0.25) is 0 Å². The van der Waals surface area contributed by atoms with E-state index in [1.54, 1.807) is 0 Å². The lowest BCUT2D eigenvalue weighted by atomic mass is 10.0. The molecule has 3 N–H and O–H groups in total. The highest BCUT2D eigenvalue weighted by Crippen LogP contribution is 2.23. The third-order valence-electron chi connectivity index (χ3n) is 2.39. The molecule has 3 nitrogen and oxygen atoms in total. The molecular formula is C9H14N2O. The monoisotopic (exact) mass is 166 g/mol. The summed E-state index contributed by atoms with van der Waals surface area (Å²) in [6, 6.07) is 4.21. The zero-order valence-corrected chi connectivity index (χ0v) is 7.21. The summed E-state index contributed by atoms with van der Waals surface area (Å²) in [4.78, 5) is 0. The van der Waals surface area contributed by atoms with Gasteiger partial charge in [0.1, 0.15) is 11.5 Å². The van der Waals surface area contributed by atoms with Crippen LogP contribution in [0.25, 0.3) is 0 Å². The predicted molar refractivity (Wildman–Crippen MR) is 47.0 cm³/mol. The van der Waals surface area contributed by atoms with Crippen LogP contribution in [0.1, 0.15) is 17.4 Å². The van der Waals surface area contributed by atoms with Crippen LogP contribution in [0.5, 0.6) is 0 Å². The molecule has 1 aromatic heterocycles. The Morgan fingerprint density at radius 1 is 1.50 bits per heavy atom. The summed E-state index contributed by atoms with van der Waals surface area (Å²) in [6.45, 7) is 3.79. The third kappa shape index (κ3) is 1.26. The fraction of sp³-hybridized carbons (Fsp3) is 0.556. The van der Waals surface area contributed by atoms with E-state index >= 15 is 0 Å². The molecule has 12 heavy (non-hydrogen) atoms. The highest BCUT2D eigenvalue weighted by Gasteiger charge is 2.27. The quantitative estimate of drug-likeness (QED) is 0.642. The Labute approximate surface area is 71.9 Å². The predicted octanol–water partition coefficient (Wildman–Crippen LogP) is 0.602. The van der Waals surface area contributed by atoms with Crippen molar-refractivity contribution in [2.45, 2.75) is 18.9 Å². The van der Waals surface area contributed by atoms with Crippen LogP contribution in [0.2, 0.25) is 0 Å². The van der Waals surface area contributed by atoms with Crippen LogP contribution in [0, 0.1) is 6.92 Å². The van der Waals surface area contributed by atoms with Gasteiger partial charge in [-0.1, -0.05) is 0 Å². The molecule has 1 aromatic rings. The first-order chi connectivity index (χ1) is 5.77. The zero-order chi connectivity index (χ0) is 8.55. The second kappa shape index (κ2) is 2.92. The molecule has 0 radical (unpaired) electrons. The van der Waals surface area contributed by atoms with Gasteiger partial charge in [-0.15, -0.1) is 0 Å². The van der Waals surface area contributed by atoms with Crippen LogP contribution >= 0.6 is 0 Å². The van der Waals surface area contributed by atoms with Crippen molar-refractivity contribution < 1.29 is 4.42 Å². The number of rotatable bonds is 1. The van der Waals surface area contributed by atoms with Gasteiger partial charge in [-0.3, -0.25) is 0 Å². The van der Waals surface area contributed by atoms with E-state index in [0.29, 0.717) is 5.92 Å². The third-order valence-corrected chi connectivity index (χ3v) is 2.39. The fourth-order valence-corrected chi connectivity index (χ4v) is 1.66. The van der Waals surface area contributed by atoms with Crippen LogP contribution in [0.3, 0.4) is 0 Å². The summed E-state index contributed by atoms with van der Waals surface area (Å²) in [5, 5.41) is 3.24. The average Bonchev–Trinajstić information content (AvgIpc) is 2.58. The molecule has 66 valence electrons. The lowest BCUT2D eigenvalue weighted by Crippen LogP contribution is -2.27. The van der Waals surface area contributed by atoms with E-state index in [0.717, 1.165) is 24.6 Å². The van der Waals surface area contributed by atoms with E-state index in [9.17, 15) is 0 Å². The molecule has 2 atom stereocenters. The van der Waals surface area contributed by atoms with E-state index in [1.165, 1.54) is 0 Å². The molecule has 2 rings (SSSR count).